The van der Waals surface area contributed by atoms with Gasteiger partial charge in [0.1, 0.15) is 5.82 Å². The molecule has 7 aromatic rings. The van der Waals surface area contributed by atoms with E-state index in [-0.39, 0.29) is 0 Å². The van der Waals surface area contributed by atoms with Gasteiger partial charge in [-0.15, -0.1) is 0 Å². The number of halogens is 1. The molecule has 5 nitrogen and oxygen atoms in total. The highest BCUT2D eigenvalue weighted by atomic mass is 35.5. The van der Waals surface area contributed by atoms with E-state index in [4.69, 9.17) is 31.5 Å². The van der Waals surface area contributed by atoms with E-state index in [2.05, 4.69) is 47.9 Å². The van der Waals surface area contributed by atoms with E-state index < -0.39 is 0 Å². The Kier molecular flexibility index (Phi) is 6.78. The van der Waals surface area contributed by atoms with Crippen LogP contribution >= 0.6 is 11.6 Å². The van der Waals surface area contributed by atoms with Crippen LogP contribution in [0.1, 0.15) is 12.7 Å². The Morgan fingerprint density at radius 2 is 1.17 bits per heavy atom. The van der Waals surface area contributed by atoms with Crippen molar-refractivity contribution in [3.63, 3.8) is 0 Å². The quantitative estimate of drug-likeness (QED) is 0.202. The molecular formula is C36H26ClN5. The molecular weight excluding hydrogens is 538 g/mol. The summed E-state index contributed by atoms with van der Waals surface area (Å²) < 4.78 is 2.23. The normalized spacial score (nSPS) is 11.2. The van der Waals surface area contributed by atoms with Crippen LogP contribution < -0.4 is 0 Å². The van der Waals surface area contributed by atoms with Gasteiger partial charge < -0.3 is 0 Å². The fourth-order valence-electron chi connectivity index (χ4n) is 5.29. The largest absolute Gasteiger partial charge is 0.296 e. The summed E-state index contributed by atoms with van der Waals surface area (Å²) >= 11 is 6.61. The summed E-state index contributed by atoms with van der Waals surface area (Å²) in [6.07, 6.45) is 0.816. The van der Waals surface area contributed by atoms with E-state index in [1.807, 2.05) is 91.0 Å². The van der Waals surface area contributed by atoms with E-state index in [9.17, 15) is 0 Å². The summed E-state index contributed by atoms with van der Waals surface area (Å²) in [5, 5.41) is 0.641. The number of fused-ring (bicyclic) bond motifs is 1. The van der Waals surface area contributed by atoms with E-state index >= 15 is 0 Å². The maximum atomic E-state index is 6.61. The second-order valence-electron chi connectivity index (χ2n) is 9.98. The van der Waals surface area contributed by atoms with E-state index in [0.29, 0.717) is 22.5 Å². The Morgan fingerprint density at radius 3 is 1.86 bits per heavy atom. The average Bonchev–Trinajstić information content (AvgIpc) is 3.44. The lowest BCUT2D eigenvalue weighted by Gasteiger charge is -2.14. The van der Waals surface area contributed by atoms with Crippen molar-refractivity contribution in [2.75, 3.05) is 0 Å². The number of hydrogen-bond donors (Lipinski definition) is 0. The van der Waals surface area contributed by atoms with Crippen LogP contribution in [0, 0.1) is 0 Å². The highest BCUT2D eigenvalue weighted by Gasteiger charge is 2.17. The number of aryl methyl sites for hydroxylation is 1. The molecule has 5 aromatic carbocycles. The molecule has 0 unspecified atom stereocenters. The molecule has 0 saturated carbocycles. The zero-order valence-corrected chi connectivity index (χ0v) is 23.7. The molecule has 0 atom stereocenters. The van der Waals surface area contributed by atoms with Crippen molar-refractivity contribution in [2.24, 2.45) is 0 Å². The molecule has 202 valence electrons. The molecule has 0 radical (unpaired) electrons. The molecule has 7 rings (SSSR count). The molecule has 0 saturated heterocycles. The molecule has 6 heteroatoms. The lowest BCUT2D eigenvalue weighted by molar-refractivity contribution is 0.908. The van der Waals surface area contributed by atoms with Crippen molar-refractivity contribution in [3.8, 4) is 51.0 Å². The molecule has 0 spiro atoms. The first-order chi connectivity index (χ1) is 20.7. The SMILES string of the molecule is CCc1nc2ccccc2n1-c1cccc(-c2cc(Cl)ccc2-c2nc(-c3ccccc3)nc(-c3ccccc3)n2)c1. The Morgan fingerprint density at radius 1 is 0.548 bits per heavy atom. The third kappa shape index (κ3) is 4.84. The van der Waals surface area contributed by atoms with Crippen LogP contribution in [0.15, 0.2) is 127 Å². The number of benzene rings is 5. The van der Waals surface area contributed by atoms with Gasteiger partial charge in [0, 0.05) is 33.8 Å². The van der Waals surface area contributed by atoms with Crippen molar-refractivity contribution in [1.82, 2.24) is 24.5 Å². The van der Waals surface area contributed by atoms with Crippen LogP contribution in [0.2, 0.25) is 5.02 Å². The van der Waals surface area contributed by atoms with Gasteiger partial charge in [0.2, 0.25) is 0 Å². The van der Waals surface area contributed by atoms with Crippen molar-refractivity contribution < 1.29 is 0 Å². The summed E-state index contributed by atoms with van der Waals surface area (Å²) in [5.41, 5.74) is 7.77. The minimum atomic E-state index is 0.585. The van der Waals surface area contributed by atoms with Gasteiger partial charge in [-0.1, -0.05) is 103 Å². The lowest BCUT2D eigenvalue weighted by Crippen LogP contribution is -2.02. The monoisotopic (exact) mass is 563 g/mol. The van der Waals surface area contributed by atoms with Crippen LogP contribution in [0.3, 0.4) is 0 Å². The molecule has 42 heavy (non-hydrogen) atoms. The molecule has 0 aliphatic carbocycles. The Bertz CT molecular complexity index is 1980. The van der Waals surface area contributed by atoms with Gasteiger partial charge in [-0.05, 0) is 53.6 Å². The third-order valence-corrected chi connectivity index (χ3v) is 7.52. The highest BCUT2D eigenvalue weighted by Crippen LogP contribution is 2.36. The predicted molar refractivity (Wildman–Crippen MR) is 171 cm³/mol. The summed E-state index contributed by atoms with van der Waals surface area (Å²) in [4.78, 5) is 19.7. The predicted octanol–water partition coefficient (Wildman–Crippen LogP) is 9.09. The van der Waals surface area contributed by atoms with E-state index in [1.165, 1.54) is 0 Å². The van der Waals surface area contributed by atoms with Gasteiger partial charge >= 0.3 is 0 Å². The highest BCUT2D eigenvalue weighted by molar-refractivity contribution is 6.31. The van der Waals surface area contributed by atoms with Gasteiger partial charge in [-0.25, -0.2) is 19.9 Å². The summed E-state index contributed by atoms with van der Waals surface area (Å²) in [5.74, 6) is 2.83. The van der Waals surface area contributed by atoms with Crippen molar-refractivity contribution >= 4 is 22.6 Å². The second kappa shape index (κ2) is 11.0. The standard InChI is InChI=1S/C36H26ClN5/c1-2-33-38-31-18-9-10-19-32(31)42(33)28-17-11-16-26(22-28)30-23-27(37)20-21-29(30)36-40-34(24-12-5-3-6-13-24)39-35(41-36)25-14-7-4-8-15-25/h3-23H,2H2,1H3. The van der Waals surface area contributed by atoms with Gasteiger partial charge in [0.15, 0.2) is 17.5 Å². The summed E-state index contributed by atoms with van der Waals surface area (Å²) in [6.45, 7) is 2.13. The maximum absolute atomic E-state index is 6.61. The van der Waals surface area contributed by atoms with Crippen molar-refractivity contribution in [3.05, 3.63) is 138 Å². The van der Waals surface area contributed by atoms with Crippen LogP contribution in [0.25, 0.3) is 62.0 Å². The van der Waals surface area contributed by atoms with Crippen LogP contribution in [0.5, 0.6) is 0 Å². The van der Waals surface area contributed by atoms with Gasteiger partial charge in [-0.3, -0.25) is 4.57 Å². The average molecular weight is 564 g/mol. The third-order valence-electron chi connectivity index (χ3n) is 7.28. The lowest BCUT2D eigenvalue weighted by atomic mass is 9.98. The van der Waals surface area contributed by atoms with Gasteiger partial charge in [0.25, 0.3) is 0 Å². The van der Waals surface area contributed by atoms with Crippen molar-refractivity contribution in [1.29, 1.82) is 0 Å². The van der Waals surface area contributed by atoms with Crippen LogP contribution in [-0.2, 0) is 6.42 Å². The van der Waals surface area contributed by atoms with E-state index in [1.54, 1.807) is 0 Å². The zero-order chi connectivity index (χ0) is 28.5. The number of para-hydroxylation sites is 2. The minimum absolute atomic E-state index is 0.585. The molecule has 0 aliphatic heterocycles. The summed E-state index contributed by atoms with van der Waals surface area (Å²) in [6, 6.07) is 42.6. The minimum Gasteiger partial charge on any atom is -0.296 e. The second-order valence-corrected chi connectivity index (χ2v) is 10.4. The first kappa shape index (κ1) is 25.8. The van der Waals surface area contributed by atoms with Crippen LogP contribution in [-0.4, -0.2) is 24.5 Å². The number of rotatable bonds is 6. The van der Waals surface area contributed by atoms with Gasteiger partial charge in [-0.2, -0.15) is 0 Å². The number of hydrogen-bond acceptors (Lipinski definition) is 4. The fourth-order valence-corrected chi connectivity index (χ4v) is 5.47. The number of aromatic nitrogens is 5. The molecule has 0 aliphatic rings. The molecule has 0 N–H and O–H groups in total. The maximum Gasteiger partial charge on any atom is 0.164 e. The zero-order valence-electron chi connectivity index (χ0n) is 22.9. The van der Waals surface area contributed by atoms with E-state index in [0.717, 1.165) is 56.8 Å². The van der Waals surface area contributed by atoms with Crippen molar-refractivity contribution in [2.45, 2.75) is 13.3 Å². The summed E-state index contributed by atoms with van der Waals surface area (Å²) in [7, 11) is 0. The molecule has 2 aromatic heterocycles. The first-order valence-corrected chi connectivity index (χ1v) is 14.3. The smallest absolute Gasteiger partial charge is 0.164 e. The Balaban J connectivity index is 1.42. The van der Waals surface area contributed by atoms with Gasteiger partial charge in [0.05, 0.1) is 11.0 Å². The fraction of sp³-hybridized carbons (Fsp3) is 0.0556. The molecule has 0 amide bonds. The number of imidazole rings is 1. The first-order valence-electron chi connectivity index (χ1n) is 13.9. The van der Waals surface area contributed by atoms with Crippen LogP contribution in [0.4, 0.5) is 0 Å². The Labute approximate surface area is 249 Å². The molecule has 0 fully saturated rings. The topological polar surface area (TPSA) is 56.5 Å². The number of nitrogens with zero attached hydrogens (tertiary/aromatic N) is 5. The Hall–Kier alpha value is -5.13. The molecule has 0 bridgehead atoms. The molecule has 2 heterocycles.